The first-order valence-corrected chi connectivity index (χ1v) is 6.25. The molecule has 1 aromatic heterocycles. The largest absolute Gasteiger partial charge is 0.481 e. The maximum Gasteiger partial charge on any atom is 0.305 e. The van der Waals surface area contributed by atoms with Crippen LogP contribution in [-0.2, 0) is 4.79 Å². The van der Waals surface area contributed by atoms with Gasteiger partial charge in [0.25, 0.3) is 5.91 Å². The van der Waals surface area contributed by atoms with Crippen LogP contribution >= 0.6 is 11.7 Å². The number of carbonyl (C=O) groups is 2. The first-order valence-electron chi connectivity index (χ1n) is 5.52. The van der Waals surface area contributed by atoms with Crippen LogP contribution in [0.25, 0.3) is 0 Å². The van der Waals surface area contributed by atoms with E-state index in [0.29, 0.717) is 0 Å². The summed E-state index contributed by atoms with van der Waals surface area (Å²) >= 11 is 0.928. The summed E-state index contributed by atoms with van der Waals surface area (Å²) in [5.74, 6) is -1.41. The molecule has 0 aliphatic rings. The predicted octanol–water partition coefficient (Wildman–Crippen LogP) is 1.48. The van der Waals surface area contributed by atoms with Crippen molar-refractivity contribution in [2.45, 2.75) is 12.5 Å². The van der Waals surface area contributed by atoms with Crippen molar-refractivity contribution in [2.24, 2.45) is 0 Å². The van der Waals surface area contributed by atoms with Gasteiger partial charge in [0.1, 0.15) is 0 Å². The molecule has 0 aliphatic carbocycles. The molecule has 0 saturated heterocycles. The van der Waals surface area contributed by atoms with E-state index in [1.165, 1.54) is 6.20 Å². The zero-order chi connectivity index (χ0) is 13.7. The molecule has 19 heavy (non-hydrogen) atoms. The van der Waals surface area contributed by atoms with Crippen molar-refractivity contribution in [1.82, 2.24) is 14.1 Å². The summed E-state index contributed by atoms with van der Waals surface area (Å²) in [5.41, 5.74) is 0.928. The van der Waals surface area contributed by atoms with Gasteiger partial charge in [-0.25, -0.2) is 0 Å². The zero-order valence-electron chi connectivity index (χ0n) is 9.81. The highest BCUT2D eigenvalue weighted by Gasteiger charge is 2.19. The monoisotopic (exact) mass is 277 g/mol. The molecule has 0 aliphatic heterocycles. The number of carboxylic acid groups (broad SMARTS) is 1. The van der Waals surface area contributed by atoms with Crippen molar-refractivity contribution in [3.05, 3.63) is 47.8 Å². The molecule has 1 aromatic carbocycles. The Bertz CT molecular complexity index is 557. The number of carbonyl (C=O) groups excluding carboxylic acids is 1. The molecule has 7 heteroatoms. The second-order valence-electron chi connectivity index (χ2n) is 3.83. The number of hydrogen-bond acceptors (Lipinski definition) is 5. The van der Waals surface area contributed by atoms with E-state index < -0.39 is 17.9 Å². The first-order chi connectivity index (χ1) is 9.16. The minimum atomic E-state index is -0.981. The lowest BCUT2D eigenvalue weighted by atomic mass is 10.0. The van der Waals surface area contributed by atoms with Crippen LogP contribution in [0.2, 0.25) is 0 Å². The van der Waals surface area contributed by atoms with Crippen molar-refractivity contribution in [3.8, 4) is 0 Å². The predicted molar refractivity (Wildman–Crippen MR) is 68.8 cm³/mol. The van der Waals surface area contributed by atoms with Gasteiger partial charge in [-0.1, -0.05) is 30.3 Å². The molecular weight excluding hydrogens is 266 g/mol. The smallest absolute Gasteiger partial charge is 0.305 e. The highest BCUT2D eigenvalue weighted by Crippen LogP contribution is 2.17. The van der Waals surface area contributed by atoms with Crippen molar-refractivity contribution < 1.29 is 14.7 Å². The lowest BCUT2D eigenvalue weighted by Crippen LogP contribution is -2.30. The third kappa shape index (κ3) is 3.59. The van der Waals surface area contributed by atoms with Gasteiger partial charge in [-0.3, -0.25) is 9.59 Å². The second-order valence-corrected chi connectivity index (χ2v) is 4.38. The van der Waals surface area contributed by atoms with Gasteiger partial charge in [0.05, 0.1) is 30.4 Å². The quantitative estimate of drug-likeness (QED) is 0.863. The highest BCUT2D eigenvalue weighted by atomic mass is 32.1. The standard InChI is InChI=1S/C12H11N3O3S/c16-11(17)6-9(8-4-2-1-3-5-8)14-12(18)10-7-13-19-15-10/h1-5,7,9H,6H2,(H,14,18)(H,16,17). The van der Waals surface area contributed by atoms with Gasteiger partial charge in [0.2, 0.25) is 0 Å². The van der Waals surface area contributed by atoms with Gasteiger partial charge < -0.3 is 10.4 Å². The maximum atomic E-state index is 11.9. The summed E-state index contributed by atoms with van der Waals surface area (Å²) < 4.78 is 7.55. The third-order valence-corrected chi connectivity index (χ3v) is 2.96. The van der Waals surface area contributed by atoms with Crippen LogP contribution < -0.4 is 5.32 Å². The van der Waals surface area contributed by atoms with Gasteiger partial charge in [0.15, 0.2) is 5.69 Å². The van der Waals surface area contributed by atoms with Crippen LogP contribution in [0, 0.1) is 0 Å². The van der Waals surface area contributed by atoms with Gasteiger partial charge in [-0.15, -0.1) is 0 Å². The number of amides is 1. The van der Waals surface area contributed by atoms with E-state index in [1.807, 2.05) is 6.07 Å². The number of benzene rings is 1. The Balaban J connectivity index is 2.15. The average molecular weight is 277 g/mol. The zero-order valence-corrected chi connectivity index (χ0v) is 10.6. The molecule has 1 atom stereocenters. The molecule has 6 nitrogen and oxygen atoms in total. The molecule has 0 saturated carbocycles. The number of nitrogens with one attached hydrogen (secondary N) is 1. The van der Waals surface area contributed by atoms with Crippen molar-refractivity contribution in [3.63, 3.8) is 0 Å². The summed E-state index contributed by atoms with van der Waals surface area (Å²) in [6.45, 7) is 0. The maximum absolute atomic E-state index is 11.9. The van der Waals surface area contributed by atoms with Gasteiger partial charge in [-0.05, 0) is 5.56 Å². The minimum Gasteiger partial charge on any atom is -0.481 e. The SMILES string of the molecule is O=C(O)CC(NC(=O)c1cnsn1)c1ccccc1. The lowest BCUT2D eigenvalue weighted by molar-refractivity contribution is -0.137. The van der Waals surface area contributed by atoms with Crippen molar-refractivity contribution in [1.29, 1.82) is 0 Å². The van der Waals surface area contributed by atoms with E-state index in [-0.39, 0.29) is 12.1 Å². The molecule has 1 unspecified atom stereocenters. The summed E-state index contributed by atoms with van der Waals surface area (Å²) in [4.78, 5) is 22.7. The molecule has 2 N–H and O–H groups in total. The topological polar surface area (TPSA) is 92.2 Å². The second kappa shape index (κ2) is 6.05. The molecule has 0 bridgehead atoms. The fourth-order valence-electron chi connectivity index (χ4n) is 1.61. The van der Waals surface area contributed by atoms with Crippen molar-refractivity contribution >= 4 is 23.6 Å². The summed E-state index contributed by atoms with van der Waals surface area (Å²) in [6, 6.07) is 8.36. The molecule has 0 radical (unpaired) electrons. The molecular formula is C12H11N3O3S. The Hall–Kier alpha value is -2.28. The molecule has 0 spiro atoms. The fourth-order valence-corrected chi connectivity index (χ4v) is 2.02. The molecule has 2 rings (SSSR count). The Morgan fingerprint density at radius 2 is 2.05 bits per heavy atom. The molecule has 0 fully saturated rings. The van der Waals surface area contributed by atoms with Crippen LogP contribution in [0.5, 0.6) is 0 Å². The number of nitrogens with zero attached hydrogens (tertiary/aromatic N) is 2. The van der Waals surface area contributed by atoms with Crippen molar-refractivity contribution in [2.75, 3.05) is 0 Å². The fraction of sp³-hybridized carbons (Fsp3) is 0.167. The van der Waals surface area contributed by atoms with E-state index in [9.17, 15) is 9.59 Å². The van der Waals surface area contributed by atoms with Gasteiger partial charge in [0, 0.05) is 0 Å². The van der Waals surface area contributed by atoms with Crippen LogP contribution in [0.1, 0.15) is 28.5 Å². The number of hydrogen-bond donors (Lipinski definition) is 2. The van der Waals surface area contributed by atoms with E-state index in [0.717, 1.165) is 17.3 Å². The van der Waals surface area contributed by atoms with Gasteiger partial charge >= 0.3 is 5.97 Å². The van der Waals surface area contributed by atoms with E-state index >= 15 is 0 Å². The summed E-state index contributed by atoms with van der Waals surface area (Å²) in [5, 5.41) is 11.6. The molecule has 2 aromatic rings. The van der Waals surface area contributed by atoms with Crippen LogP contribution in [0.3, 0.4) is 0 Å². The average Bonchev–Trinajstić information content (AvgIpc) is 2.92. The number of carboxylic acids is 1. The third-order valence-electron chi connectivity index (χ3n) is 2.48. The normalized spacial score (nSPS) is 11.8. The highest BCUT2D eigenvalue weighted by molar-refractivity contribution is 6.99. The Morgan fingerprint density at radius 3 is 2.63 bits per heavy atom. The number of rotatable bonds is 5. The summed E-state index contributed by atoms with van der Waals surface area (Å²) in [7, 11) is 0. The number of aromatic nitrogens is 2. The minimum absolute atomic E-state index is 0.187. The van der Waals surface area contributed by atoms with E-state index in [1.54, 1.807) is 24.3 Å². The summed E-state index contributed by atoms with van der Waals surface area (Å²) in [6.07, 6.45) is 1.16. The van der Waals surface area contributed by atoms with Crippen LogP contribution in [0.15, 0.2) is 36.5 Å². The van der Waals surface area contributed by atoms with Crippen LogP contribution in [-0.4, -0.2) is 25.7 Å². The first kappa shape index (κ1) is 13.2. The van der Waals surface area contributed by atoms with Crippen LogP contribution in [0.4, 0.5) is 0 Å². The molecule has 1 heterocycles. The van der Waals surface area contributed by atoms with E-state index in [4.69, 9.17) is 5.11 Å². The Morgan fingerprint density at radius 1 is 1.32 bits per heavy atom. The Labute approximate surface area is 113 Å². The van der Waals surface area contributed by atoms with Gasteiger partial charge in [-0.2, -0.15) is 8.75 Å². The number of aliphatic carboxylic acids is 1. The Kier molecular flexibility index (Phi) is 4.19. The van der Waals surface area contributed by atoms with E-state index in [2.05, 4.69) is 14.1 Å². The molecule has 98 valence electrons. The molecule has 1 amide bonds. The lowest BCUT2D eigenvalue weighted by Gasteiger charge is -2.16.